The molecule has 1 aliphatic rings. The molecule has 0 aromatic heterocycles. The zero-order valence-corrected chi connectivity index (χ0v) is 11.1. The molecule has 0 radical (unpaired) electrons. The minimum absolute atomic E-state index is 0.138. The lowest BCUT2D eigenvalue weighted by atomic mass is 10.2. The van der Waals surface area contributed by atoms with Gasteiger partial charge in [-0.2, -0.15) is 0 Å². The van der Waals surface area contributed by atoms with Crippen LogP contribution in [0.25, 0.3) is 0 Å². The van der Waals surface area contributed by atoms with Gasteiger partial charge >= 0.3 is 0 Å². The zero-order valence-electron chi connectivity index (χ0n) is 9.58. The van der Waals surface area contributed by atoms with E-state index >= 15 is 0 Å². The number of halogens is 2. The third kappa shape index (κ3) is 3.18. The van der Waals surface area contributed by atoms with Crippen LogP contribution in [0.4, 0.5) is 5.69 Å². The number of hydrogen-bond acceptors (Lipinski definition) is 3. The van der Waals surface area contributed by atoms with Crippen molar-refractivity contribution in [2.24, 2.45) is 0 Å². The van der Waals surface area contributed by atoms with Crippen molar-refractivity contribution in [2.45, 2.75) is 32.0 Å². The lowest BCUT2D eigenvalue weighted by Gasteiger charge is -2.14. The van der Waals surface area contributed by atoms with Gasteiger partial charge in [0, 0.05) is 6.07 Å². The van der Waals surface area contributed by atoms with Crippen molar-refractivity contribution < 1.29 is 9.47 Å². The maximum atomic E-state index is 5.91. The molecule has 3 nitrogen and oxygen atoms in total. The first-order valence-electron chi connectivity index (χ1n) is 5.59. The van der Waals surface area contributed by atoms with Crippen LogP contribution >= 0.6 is 23.2 Å². The molecule has 1 heterocycles. The lowest BCUT2D eigenvalue weighted by Crippen LogP contribution is -2.18. The molecule has 0 amide bonds. The fraction of sp³-hybridized carbons (Fsp3) is 0.500. The Kier molecular flexibility index (Phi) is 4.02. The highest BCUT2D eigenvalue weighted by atomic mass is 35.5. The van der Waals surface area contributed by atoms with Crippen LogP contribution in [0, 0.1) is 0 Å². The Hall–Kier alpha value is -0.640. The highest BCUT2D eigenvalue weighted by Gasteiger charge is 2.22. The Morgan fingerprint density at radius 1 is 1.35 bits per heavy atom. The number of nitrogen functional groups attached to an aromatic ring is 1. The van der Waals surface area contributed by atoms with Crippen LogP contribution in [-0.2, 0) is 4.74 Å². The highest BCUT2D eigenvalue weighted by Crippen LogP contribution is 2.32. The van der Waals surface area contributed by atoms with Crippen LogP contribution in [-0.4, -0.2) is 18.8 Å². The molecule has 17 heavy (non-hydrogen) atoms. The maximum absolute atomic E-state index is 5.91. The molecule has 1 fully saturated rings. The van der Waals surface area contributed by atoms with E-state index in [0.717, 1.165) is 12.8 Å². The second kappa shape index (κ2) is 5.34. The third-order valence-corrected chi connectivity index (χ3v) is 3.52. The molecule has 2 rings (SSSR count). The molecule has 1 aromatic carbocycles. The Morgan fingerprint density at radius 3 is 2.71 bits per heavy atom. The van der Waals surface area contributed by atoms with Crippen molar-refractivity contribution in [2.75, 3.05) is 12.3 Å². The van der Waals surface area contributed by atoms with Crippen LogP contribution in [0.15, 0.2) is 12.1 Å². The molecule has 0 spiro atoms. The molecule has 2 atom stereocenters. The van der Waals surface area contributed by atoms with E-state index < -0.39 is 0 Å². The first kappa shape index (κ1) is 12.8. The monoisotopic (exact) mass is 275 g/mol. The Morgan fingerprint density at radius 2 is 2.06 bits per heavy atom. The van der Waals surface area contributed by atoms with Crippen molar-refractivity contribution in [3.05, 3.63) is 22.2 Å². The summed E-state index contributed by atoms with van der Waals surface area (Å²) >= 11 is 11.7. The third-order valence-electron chi connectivity index (χ3n) is 2.80. The fourth-order valence-electron chi connectivity index (χ4n) is 1.86. The fourth-order valence-corrected chi connectivity index (χ4v) is 2.19. The summed E-state index contributed by atoms with van der Waals surface area (Å²) in [6.45, 7) is 2.56. The molecule has 0 bridgehead atoms. The van der Waals surface area contributed by atoms with Crippen LogP contribution in [0.5, 0.6) is 5.75 Å². The number of nitrogens with two attached hydrogens (primary N) is 1. The van der Waals surface area contributed by atoms with E-state index in [4.69, 9.17) is 38.4 Å². The van der Waals surface area contributed by atoms with Gasteiger partial charge < -0.3 is 15.2 Å². The summed E-state index contributed by atoms with van der Waals surface area (Å²) in [4.78, 5) is 0. The minimum Gasteiger partial charge on any atom is -0.489 e. The van der Waals surface area contributed by atoms with Crippen molar-refractivity contribution in [1.29, 1.82) is 0 Å². The van der Waals surface area contributed by atoms with Gasteiger partial charge in [-0.05, 0) is 25.8 Å². The number of rotatable bonds is 3. The van der Waals surface area contributed by atoms with Gasteiger partial charge in [0.15, 0.2) is 0 Å². The minimum atomic E-state index is 0.138. The van der Waals surface area contributed by atoms with E-state index in [0.29, 0.717) is 34.2 Å². The molecule has 0 saturated carbocycles. The van der Waals surface area contributed by atoms with E-state index in [1.807, 2.05) is 0 Å². The number of hydrogen-bond donors (Lipinski definition) is 1. The first-order chi connectivity index (χ1) is 8.06. The predicted molar refractivity (Wildman–Crippen MR) is 69.9 cm³/mol. The average Bonchev–Trinajstić information content (AvgIpc) is 2.68. The molecular formula is C12H15Cl2NO2. The molecule has 94 valence electrons. The van der Waals surface area contributed by atoms with Crippen molar-refractivity contribution in [3.8, 4) is 5.75 Å². The second-order valence-corrected chi connectivity index (χ2v) is 5.08. The lowest BCUT2D eigenvalue weighted by molar-refractivity contribution is 0.0266. The van der Waals surface area contributed by atoms with Gasteiger partial charge in [-0.1, -0.05) is 23.2 Å². The van der Waals surface area contributed by atoms with Gasteiger partial charge in [-0.3, -0.25) is 0 Å². The summed E-state index contributed by atoms with van der Waals surface area (Å²) in [5.41, 5.74) is 6.28. The first-order valence-corrected chi connectivity index (χ1v) is 6.34. The standard InChI is InChI=1S/C12H15Cl2NO2/c1-7-2-3-8(17-7)6-16-12-5-10(14)9(13)4-11(12)15/h4-5,7-8H,2-3,6,15H2,1H3. The molecule has 0 aliphatic carbocycles. The SMILES string of the molecule is CC1CCC(COc2cc(Cl)c(Cl)cc2N)O1. The Balaban J connectivity index is 1.97. The maximum Gasteiger partial charge on any atom is 0.143 e. The topological polar surface area (TPSA) is 44.5 Å². The normalized spacial score (nSPS) is 23.9. The van der Waals surface area contributed by atoms with E-state index in [1.54, 1.807) is 12.1 Å². The van der Waals surface area contributed by atoms with E-state index in [2.05, 4.69) is 6.92 Å². The van der Waals surface area contributed by atoms with Gasteiger partial charge in [-0.25, -0.2) is 0 Å². The molecule has 1 aliphatic heterocycles. The summed E-state index contributed by atoms with van der Waals surface area (Å²) in [6.07, 6.45) is 2.54. The largest absolute Gasteiger partial charge is 0.489 e. The summed E-state index contributed by atoms with van der Waals surface area (Å²) in [7, 11) is 0. The average molecular weight is 276 g/mol. The van der Waals surface area contributed by atoms with Gasteiger partial charge in [0.25, 0.3) is 0 Å². The van der Waals surface area contributed by atoms with Gasteiger partial charge in [0.1, 0.15) is 12.4 Å². The van der Waals surface area contributed by atoms with Gasteiger partial charge in [-0.15, -0.1) is 0 Å². The molecule has 1 aromatic rings. The van der Waals surface area contributed by atoms with Crippen molar-refractivity contribution in [3.63, 3.8) is 0 Å². The van der Waals surface area contributed by atoms with Gasteiger partial charge in [0.05, 0.1) is 27.9 Å². The zero-order chi connectivity index (χ0) is 12.4. The summed E-state index contributed by atoms with van der Waals surface area (Å²) in [5.74, 6) is 0.558. The molecule has 2 N–H and O–H groups in total. The number of anilines is 1. The van der Waals surface area contributed by atoms with Crippen molar-refractivity contribution >= 4 is 28.9 Å². The van der Waals surface area contributed by atoms with Crippen molar-refractivity contribution in [1.82, 2.24) is 0 Å². The molecule has 2 unspecified atom stereocenters. The van der Waals surface area contributed by atoms with E-state index in [9.17, 15) is 0 Å². The smallest absolute Gasteiger partial charge is 0.143 e. The van der Waals surface area contributed by atoms with E-state index in [1.165, 1.54) is 0 Å². The quantitative estimate of drug-likeness (QED) is 0.859. The molecule has 5 heteroatoms. The van der Waals surface area contributed by atoms with Gasteiger partial charge in [0.2, 0.25) is 0 Å². The molecule has 1 saturated heterocycles. The Bertz CT molecular complexity index is 412. The summed E-state index contributed by atoms with van der Waals surface area (Å²) in [6, 6.07) is 3.23. The van der Waals surface area contributed by atoms with E-state index in [-0.39, 0.29) is 6.10 Å². The summed E-state index contributed by atoms with van der Waals surface area (Å²) < 4.78 is 11.3. The van der Waals surface area contributed by atoms with Crippen LogP contribution < -0.4 is 10.5 Å². The predicted octanol–water partition coefficient (Wildman–Crippen LogP) is 3.52. The van der Waals surface area contributed by atoms with Crippen LogP contribution in [0.2, 0.25) is 10.0 Å². The van der Waals surface area contributed by atoms with Crippen LogP contribution in [0.3, 0.4) is 0 Å². The Labute approximate surface area is 111 Å². The number of benzene rings is 1. The second-order valence-electron chi connectivity index (χ2n) is 4.26. The number of ether oxygens (including phenoxy) is 2. The molecular weight excluding hydrogens is 261 g/mol. The highest BCUT2D eigenvalue weighted by molar-refractivity contribution is 6.42. The summed E-state index contributed by atoms with van der Waals surface area (Å²) in [5, 5.41) is 0.874. The van der Waals surface area contributed by atoms with Crippen LogP contribution in [0.1, 0.15) is 19.8 Å².